The fraction of sp³-hybridized carbons (Fsp3) is 0.294. The van der Waals surface area contributed by atoms with Crippen LogP contribution in [0.2, 0.25) is 0 Å². The molecule has 3 rings (SSSR count). The van der Waals surface area contributed by atoms with Gasteiger partial charge in [0.2, 0.25) is 5.82 Å². The Morgan fingerprint density at radius 1 is 1.24 bits per heavy atom. The molecule has 0 saturated heterocycles. The number of nitrogens with zero attached hydrogens (tertiary/aromatic N) is 4. The van der Waals surface area contributed by atoms with Crippen LogP contribution < -0.4 is 10.1 Å². The number of carbonyl (C=O) groups excluding carboxylic acids is 1. The highest BCUT2D eigenvalue weighted by Crippen LogP contribution is 2.11. The van der Waals surface area contributed by atoms with Gasteiger partial charge in [0.25, 0.3) is 11.7 Å². The summed E-state index contributed by atoms with van der Waals surface area (Å²) in [6.07, 6.45) is 3.14. The minimum atomic E-state index is -0.329. The molecule has 2 heterocycles. The molecule has 0 aliphatic rings. The van der Waals surface area contributed by atoms with Crippen molar-refractivity contribution in [3.8, 4) is 5.75 Å². The first-order valence-corrected chi connectivity index (χ1v) is 7.98. The van der Waals surface area contributed by atoms with Gasteiger partial charge >= 0.3 is 0 Å². The number of aromatic nitrogens is 4. The van der Waals surface area contributed by atoms with Crippen LogP contribution in [0.4, 0.5) is 4.39 Å². The van der Waals surface area contributed by atoms with Crippen LogP contribution in [0.1, 0.15) is 29.2 Å². The smallest absolute Gasteiger partial charge is 0.291 e. The molecule has 130 valence electrons. The number of ether oxygens (including phenoxy) is 1. The number of aryl methyl sites for hydroxylation is 1. The van der Waals surface area contributed by atoms with Crippen molar-refractivity contribution in [2.75, 3.05) is 13.2 Å². The molecule has 0 bridgehead atoms. The van der Waals surface area contributed by atoms with Crippen LogP contribution in [-0.4, -0.2) is 38.6 Å². The molecule has 1 N–H and O–H groups in total. The first kappa shape index (κ1) is 16.8. The first-order chi connectivity index (χ1) is 12.1. The molecule has 3 aromatic rings. The van der Waals surface area contributed by atoms with E-state index >= 15 is 0 Å². The van der Waals surface area contributed by atoms with E-state index in [1.165, 1.54) is 16.6 Å². The number of fused-ring (bicyclic) bond motifs is 1. The minimum Gasteiger partial charge on any atom is -0.494 e. The number of hydrogen-bond acceptors (Lipinski definition) is 5. The van der Waals surface area contributed by atoms with Gasteiger partial charge in [0.15, 0.2) is 0 Å². The number of hydrogen-bond donors (Lipinski definition) is 1. The Kier molecular flexibility index (Phi) is 5.17. The lowest BCUT2D eigenvalue weighted by molar-refractivity contribution is 0.0942. The van der Waals surface area contributed by atoms with E-state index in [2.05, 4.69) is 20.4 Å². The van der Waals surface area contributed by atoms with Crippen LogP contribution in [0.15, 0.2) is 36.5 Å². The predicted molar refractivity (Wildman–Crippen MR) is 89.0 cm³/mol. The van der Waals surface area contributed by atoms with Gasteiger partial charge in [-0.05, 0) is 50.1 Å². The molecule has 8 heteroatoms. The largest absolute Gasteiger partial charge is 0.494 e. The van der Waals surface area contributed by atoms with E-state index in [1.807, 2.05) is 6.92 Å². The van der Waals surface area contributed by atoms with Gasteiger partial charge in [0.1, 0.15) is 11.6 Å². The Labute approximate surface area is 143 Å². The summed E-state index contributed by atoms with van der Waals surface area (Å²) in [5.41, 5.74) is 0.856. The van der Waals surface area contributed by atoms with Crippen molar-refractivity contribution < 1.29 is 13.9 Å². The van der Waals surface area contributed by atoms with Crippen LogP contribution in [-0.2, 0) is 0 Å². The third-order valence-electron chi connectivity index (χ3n) is 3.57. The summed E-state index contributed by atoms with van der Waals surface area (Å²) in [6, 6.07) is 7.68. The molecule has 1 amide bonds. The highest BCUT2D eigenvalue weighted by atomic mass is 19.1. The summed E-state index contributed by atoms with van der Waals surface area (Å²) >= 11 is 0. The molecular formula is C17H18FN5O2. The molecular weight excluding hydrogens is 325 g/mol. The maximum atomic E-state index is 12.8. The lowest BCUT2D eigenvalue weighted by Gasteiger charge is -2.06. The SMILES string of the molecule is Cc1ccnc2nc(C(=O)NCCCCOc3ccc(F)cc3)nn12. The van der Waals surface area contributed by atoms with E-state index < -0.39 is 0 Å². The van der Waals surface area contributed by atoms with E-state index in [4.69, 9.17) is 4.74 Å². The number of halogens is 1. The topological polar surface area (TPSA) is 81.4 Å². The van der Waals surface area contributed by atoms with E-state index in [9.17, 15) is 9.18 Å². The van der Waals surface area contributed by atoms with Crippen LogP contribution >= 0.6 is 0 Å². The maximum Gasteiger partial charge on any atom is 0.291 e. The molecule has 7 nitrogen and oxygen atoms in total. The highest BCUT2D eigenvalue weighted by Gasteiger charge is 2.13. The van der Waals surface area contributed by atoms with Crippen molar-refractivity contribution >= 4 is 11.7 Å². The maximum absolute atomic E-state index is 12.8. The number of carbonyl (C=O) groups is 1. The van der Waals surface area contributed by atoms with Crippen molar-refractivity contribution in [2.24, 2.45) is 0 Å². The van der Waals surface area contributed by atoms with E-state index in [0.717, 1.165) is 18.5 Å². The molecule has 2 aromatic heterocycles. The highest BCUT2D eigenvalue weighted by molar-refractivity contribution is 5.90. The molecule has 0 aliphatic carbocycles. The van der Waals surface area contributed by atoms with Crippen LogP contribution in [0, 0.1) is 12.7 Å². The lowest BCUT2D eigenvalue weighted by atomic mass is 10.3. The number of amides is 1. The van der Waals surface area contributed by atoms with Crippen LogP contribution in [0.5, 0.6) is 5.75 Å². The summed E-state index contributed by atoms with van der Waals surface area (Å²) in [6.45, 7) is 2.86. The van der Waals surface area contributed by atoms with Crippen LogP contribution in [0.3, 0.4) is 0 Å². The second kappa shape index (κ2) is 7.69. The van der Waals surface area contributed by atoms with E-state index in [0.29, 0.717) is 24.7 Å². The minimum absolute atomic E-state index is 0.101. The zero-order valence-corrected chi connectivity index (χ0v) is 13.8. The van der Waals surface area contributed by atoms with E-state index in [-0.39, 0.29) is 17.5 Å². The predicted octanol–water partition coefficient (Wildman–Crippen LogP) is 2.16. The molecule has 25 heavy (non-hydrogen) atoms. The number of nitrogens with one attached hydrogen (secondary N) is 1. The van der Waals surface area contributed by atoms with Crippen molar-refractivity contribution in [1.29, 1.82) is 0 Å². The Hall–Kier alpha value is -3.03. The molecule has 0 spiro atoms. The Bertz CT molecular complexity index is 863. The van der Waals surface area contributed by atoms with Gasteiger partial charge in [-0.1, -0.05) is 0 Å². The summed E-state index contributed by atoms with van der Waals surface area (Å²) in [5, 5.41) is 6.93. The van der Waals surface area contributed by atoms with Gasteiger partial charge in [0.05, 0.1) is 6.61 Å². The Morgan fingerprint density at radius 3 is 2.80 bits per heavy atom. The molecule has 0 unspecified atom stereocenters. The summed E-state index contributed by atoms with van der Waals surface area (Å²) in [5.74, 6) is 0.509. The summed E-state index contributed by atoms with van der Waals surface area (Å²) in [7, 11) is 0. The standard InChI is InChI=1S/C17H18FN5O2/c1-12-8-10-20-17-21-15(22-23(12)17)16(24)19-9-2-3-11-25-14-6-4-13(18)5-7-14/h4-8,10H,2-3,9,11H2,1H3,(H,19,24). The zero-order chi connectivity index (χ0) is 17.6. The second-order valence-corrected chi connectivity index (χ2v) is 5.50. The molecule has 0 aliphatic heterocycles. The van der Waals surface area contributed by atoms with Crippen LogP contribution in [0.25, 0.3) is 5.78 Å². The third-order valence-corrected chi connectivity index (χ3v) is 3.57. The van der Waals surface area contributed by atoms with Gasteiger partial charge in [-0.15, -0.1) is 5.10 Å². The molecule has 0 atom stereocenters. The quantitative estimate of drug-likeness (QED) is 0.665. The van der Waals surface area contributed by atoms with Gasteiger partial charge in [-0.3, -0.25) is 4.79 Å². The molecule has 0 fully saturated rings. The van der Waals surface area contributed by atoms with Gasteiger partial charge < -0.3 is 10.1 Å². The summed E-state index contributed by atoms with van der Waals surface area (Å²) < 4.78 is 19.8. The normalized spacial score (nSPS) is 10.8. The molecule has 0 radical (unpaired) electrons. The lowest BCUT2D eigenvalue weighted by Crippen LogP contribution is -2.26. The Balaban J connectivity index is 1.40. The van der Waals surface area contributed by atoms with E-state index in [1.54, 1.807) is 24.4 Å². The molecule has 0 saturated carbocycles. The monoisotopic (exact) mass is 343 g/mol. The van der Waals surface area contributed by atoms with Crippen molar-refractivity contribution in [2.45, 2.75) is 19.8 Å². The number of rotatable bonds is 7. The van der Waals surface area contributed by atoms with Gasteiger partial charge in [-0.2, -0.15) is 4.98 Å². The first-order valence-electron chi connectivity index (χ1n) is 7.98. The van der Waals surface area contributed by atoms with Gasteiger partial charge in [0, 0.05) is 18.4 Å². The van der Waals surface area contributed by atoms with Crippen molar-refractivity contribution in [1.82, 2.24) is 24.9 Å². The third kappa shape index (κ3) is 4.28. The Morgan fingerprint density at radius 2 is 2.04 bits per heavy atom. The van der Waals surface area contributed by atoms with Crippen molar-refractivity contribution in [3.05, 3.63) is 53.9 Å². The second-order valence-electron chi connectivity index (χ2n) is 5.50. The van der Waals surface area contributed by atoms with Crippen molar-refractivity contribution in [3.63, 3.8) is 0 Å². The average molecular weight is 343 g/mol. The summed E-state index contributed by atoms with van der Waals surface area (Å²) in [4.78, 5) is 20.2. The van der Waals surface area contributed by atoms with Gasteiger partial charge in [-0.25, -0.2) is 13.9 Å². The number of unbranched alkanes of at least 4 members (excludes halogenated alkanes) is 1. The zero-order valence-electron chi connectivity index (χ0n) is 13.8. The average Bonchev–Trinajstić information content (AvgIpc) is 3.05. The fourth-order valence-corrected chi connectivity index (χ4v) is 2.23. The molecule has 1 aromatic carbocycles. The number of benzene rings is 1. The fourth-order valence-electron chi connectivity index (χ4n) is 2.23.